The van der Waals surface area contributed by atoms with Gasteiger partial charge in [-0.2, -0.15) is 0 Å². The van der Waals surface area contributed by atoms with Crippen LogP contribution in [0.1, 0.15) is 26.3 Å². The number of aldehydes is 1. The maximum absolute atomic E-state index is 11.4. The predicted molar refractivity (Wildman–Crippen MR) is 88.8 cm³/mol. The second kappa shape index (κ2) is 7.26. The lowest BCUT2D eigenvalue weighted by Gasteiger charge is -2.16. The fraction of sp³-hybridized carbons (Fsp3) is 0.125. The molecular weight excluding hydrogens is 399 g/mol. The van der Waals surface area contributed by atoms with Crippen molar-refractivity contribution in [3.05, 3.63) is 56.7 Å². The molecule has 0 saturated heterocycles. The average Bonchev–Trinajstić information content (AvgIpc) is 2.53. The molecule has 0 bridgehead atoms. The molecule has 22 heavy (non-hydrogen) atoms. The van der Waals surface area contributed by atoms with Gasteiger partial charge in [-0.25, -0.2) is 4.79 Å². The van der Waals surface area contributed by atoms with Crippen LogP contribution in [0.4, 0.5) is 0 Å². The monoisotopic (exact) mass is 412 g/mol. The zero-order valence-electron chi connectivity index (χ0n) is 11.7. The third kappa shape index (κ3) is 3.38. The van der Waals surface area contributed by atoms with Crippen molar-refractivity contribution in [3.63, 3.8) is 0 Å². The fourth-order valence-corrected chi connectivity index (χ4v) is 2.74. The van der Waals surface area contributed by atoms with Crippen LogP contribution in [0.3, 0.4) is 0 Å². The number of ether oxygens (including phenoxy) is 2. The van der Waals surface area contributed by atoms with Gasteiger partial charge in [0.2, 0.25) is 0 Å². The van der Waals surface area contributed by atoms with Crippen LogP contribution in [0.2, 0.25) is 0 Å². The van der Waals surface area contributed by atoms with Crippen LogP contribution in [-0.4, -0.2) is 24.5 Å². The molecule has 0 amide bonds. The van der Waals surface area contributed by atoms with Gasteiger partial charge in [0.25, 0.3) is 0 Å². The van der Waals surface area contributed by atoms with Crippen LogP contribution in [0.5, 0.6) is 11.5 Å². The van der Waals surface area contributed by atoms with Gasteiger partial charge in [-0.1, -0.05) is 30.3 Å². The first-order valence-electron chi connectivity index (χ1n) is 6.34. The van der Waals surface area contributed by atoms with Gasteiger partial charge in [0.05, 0.1) is 10.7 Å². The second-order valence-corrected chi connectivity index (χ2v) is 5.54. The van der Waals surface area contributed by atoms with E-state index in [0.717, 1.165) is 5.56 Å². The molecule has 0 radical (unpaired) electrons. The highest BCUT2D eigenvalue weighted by Crippen LogP contribution is 2.38. The van der Waals surface area contributed by atoms with Gasteiger partial charge in [0.1, 0.15) is 12.2 Å². The largest absolute Gasteiger partial charge is 0.492 e. The molecule has 0 fully saturated rings. The number of aromatic carboxylic acids is 1. The van der Waals surface area contributed by atoms with E-state index in [1.807, 2.05) is 52.9 Å². The molecule has 0 saturated carbocycles. The third-order valence-electron chi connectivity index (χ3n) is 2.99. The lowest BCUT2D eigenvalue weighted by atomic mass is 10.1. The number of carboxylic acid groups (broad SMARTS) is 1. The normalized spacial score (nSPS) is 10.1. The summed E-state index contributed by atoms with van der Waals surface area (Å²) in [6.45, 7) is 0.271. The van der Waals surface area contributed by atoms with Crippen molar-refractivity contribution in [2.45, 2.75) is 6.61 Å². The Labute approximate surface area is 141 Å². The first-order valence-corrected chi connectivity index (χ1v) is 7.42. The molecule has 0 aromatic heterocycles. The molecule has 2 aromatic rings. The molecular formula is C16H13IO5. The maximum atomic E-state index is 11.4. The topological polar surface area (TPSA) is 72.8 Å². The summed E-state index contributed by atoms with van der Waals surface area (Å²) in [6.07, 6.45) is 0.495. The number of halogens is 1. The molecule has 5 nitrogen and oxygen atoms in total. The number of carbonyl (C=O) groups excluding carboxylic acids is 1. The zero-order valence-corrected chi connectivity index (χ0v) is 13.9. The lowest BCUT2D eigenvalue weighted by molar-refractivity contribution is 0.0689. The number of methoxy groups -OCH3 is 1. The van der Waals surface area contributed by atoms with E-state index in [9.17, 15) is 14.7 Å². The Morgan fingerprint density at radius 3 is 2.50 bits per heavy atom. The molecule has 2 aromatic carbocycles. The van der Waals surface area contributed by atoms with Crippen LogP contribution in [0, 0.1) is 3.57 Å². The highest BCUT2D eigenvalue weighted by Gasteiger charge is 2.23. The standard InChI is InChI=1S/C16H13IO5/c1-21-15-13(16(19)20)11(8-18)7-12(17)14(15)22-9-10-5-3-2-4-6-10/h2-8H,9H2,1H3,(H,19,20). The summed E-state index contributed by atoms with van der Waals surface area (Å²) in [5.41, 5.74) is 0.804. The molecule has 1 N–H and O–H groups in total. The number of carboxylic acids is 1. The quantitative estimate of drug-likeness (QED) is 0.582. The number of rotatable bonds is 6. The molecule has 0 aliphatic carbocycles. The summed E-state index contributed by atoms with van der Waals surface area (Å²) in [4.78, 5) is 22.5. The molecule has 0 spiro atoms. The van der Waals surface area contributed by atoms with Gasteiger partial charge in [-0.05, 0) is 34.2 Å². The van der Waals surface area contributed by atoms with Gasteiger partial charge in [-0.15, -0.1) is 0 Å². The minimum atomic E-state index is -1.24. The minimum absolute atomic E-state index is 0.0532. The van der Waals surface area contributed by atoms with Crippen LogP contribution in [-0.2, 0) is 6.61 Å². The van der Waals surface area contributed by atoms with E-state index in [-0.39, 0.29) is 23.5 Å². The Morgan fingerprint density at radius 1 is 1.27 bits per heavy atom. The SMILES string of the molecule is COc1c(OCc2ccccc2)c(I)cc(C=O)c1C(=O)O. The fourth-order valence-electron chi connectivity index (χ4n) is 2.00. The molecule has 0 heterocycles. The second-order valence-electron chi connectivity index (χ2n) is 4.38. The third-order valence-corrected chi connectivity index (χ3v) is 3.79. The van der Waals surface area contributed by atoms with Crippen LogP contribution in [0.25, 0.3) is 0 Å². The highest BCUT2D eigenvalue weighted by molar-refractivity contribution is 14.1. The Kier molecular flexibility index (Phi) is 5.37. The Balaban J connectivity index is 2.44. The maximum Gasteiger partial charge on any atom is 0.340 e. The van der Waals surface area contributed by atoms with E-state index in [0.29, 0.717) is 15.6 Å². The Hall–Kier alpha value is -2.09. The van der Waals surface area contributed by atoms with Gasteiger partial charge in [-0.3, -0.25) is 4.79 Å². The van der Waals surface area contributed by atoms with Crippen LogP contribution < -0.4 is 9.47 Å². The molecule has 0 unspecified atom stereocenters. The van der Waals surface area contributed by atoms with E-state index >= 15 is 0 Å². The van der Waals surface area contributed by atoms with E-state index in [1.54, 1.807) is 0 Å². The molecule has 2 rings (SSSR count). The summed E-state index contributed by atoms with van der Waals surface area (Å²) in [7, 11) is 1.35. The lowest BCUT2D eigenvalue weighted by Crippen LogP contribution is -2.09. The van der Waals surface area contributed by atoms with Crippen molar-refractivity contribution in [2.75, 3.05) is 7.11 Å². The molecule has 0 aliphatic rings. The van der Waals surface area contributed by atoms with Crippen molar-refractivity contribution in [1.29, 1.82) is 0 Å². The summed E-state index contributed by atoms with van der Waals surface area (Å²) in [5.74, 6) is -0.868. The zero-order chi connectivity index (χ0) is 16.1. The van der Waals surface area contributed by atoms with Gasteiger partial charge < -0.3 is 14.6 Å². The summed E-state index contributed by atoms with van der Waals surface area (Å²) in [6, 6.07) is 10.9. The van der Waals surface area contributed by atoms with E-state index in [4.69, 9.17) is 9.47 Å². The van der Waals surface area contributed by atoms with Gasteiger partial charge in [0, 0.05) is 5.56 Å². The smallest absolute Gasteiger partial charge is 0.340 e. The summed E-state index contributed by atoms with van der Waals surface area (Å²) >= 11 is 1.98. The number of hydrogen-bond acceptors (Lipinski definition) is 4. The van der Waals surface area contributed by atoms with E-state index in [2.05, 4.69) is 0 Å². The summed E-state index contributed by atoms with van der Waals surface area (Å²) in [5, 5.41) is 9.31. The van der Waals surface area contributed by atoms with E-state index < -0.39 is 5.97 Å². The van der Waals surface area contributed by atoms with Crippen molar-refractivity contribution in [3.8, 4) is 11.5 Å². The highest BCUT2D eigenvalue weighted by atomic mass is 127. The van der Waals surface area contributed by atoms with Gasteiger partial charge in [0.15, 0.2) is 17.8 Å². The van der Waals surface area contributed by atoms with Crippen molar-refractivity contribution in [1.82, 2.24) is 0 Å². The number of benzene rings is 2. The minimum Gasteiger partial charge on any atom is -0.492 e. The van der Waals surface area contributed by atoms with E-state index in [1.165, 1.54) is 13.2 Å². The van der Waals surface area contributed by atoms with Crippen molar-refractivity contribution >= 4 is 34.8 Å². The first-order chi connectivity index (χ1) is 10.6. The number of hydrogen-bond donors (Lipinski definition) is 1. The molecule has 114 valence electrons. The van der Waals surface area contributed by atoms with Crippen LogP contribution >= 0.6 is 22.6 Å². The molecule has 0 aliphatic heterocycles. The van der Waals surface area contributed by atoms with Gasteiger partial charge >= 0.3 is 5.97 Å². The summed E-state index contributed by atoms with van der Waals surface area (Å²) < 4.78 is 11.5. The van der Waals surface area contributed by atoms with Crippen LogP contribution in [0.15, 0.2) is 36.4 Å². The Bertz CT molecular complexity index is 697. The van der Waals surface area contributed by atoms with Crippen molar-refractivity contribution < 1.29 is 24.2 Å². The average molecular weight is 412 g/mol. The predicted octanol–water partition coefficient (Wildman–Crippen LogP) is 3.39. The van der Waals surface area contributed by atoms with Crippen molar-refractivity contribution in [2.24, 2.45) is 0 Å². The first kappa shape index (κ1) is 16.3. The molecule has 6 heteroatoms. The Morgan fingerprint density at radius 2 is 1.95 bits per heavy atom. The number of carbonyl (C=O) groups is 2. The molecule has 0 atom stereocenters.